The van der Waals surface area contributed by atoms with Gasteiger partial charge in [-0.05, 0) is 30.7 Å². The minimum atomic E-state index is -0.545. The molecule has 0 radical (unpaired) electrons. The van der Waals surface area contributed by atoms with E-state index in [9.17, 15) is 9.90 Å². The Hall–Kier alpha value is -2.53. The molecule has 0 atom stereocenters. The van der Waals surface area contributed by atoms with E-state index in [0.717, 1.165) is 5.56 Å². The van der Waals surface area contributed by atoms with Crippen LogP contribution in [-0.2, 0) is 18.0 Å². The molecule has 0 unspecified atom stereocenters. The molecule has 0 saturated carbocycles. The van der Waals surface area contributed by atoms with Crippen LogP contribution in [0.2, 0.25) is 0 Å². The van der Waals surface area contributed by atoms with Gasteiger partial charge in [0, 0.05) is 11.3 Å². The second kappa shape index (κ2) is 8.05. The molecule has 0 bridgehead atoms. The lowest BCUT2D eigenvalue weighted by atomic mass is 10.2. The highest BCUT2D eigenvalue weighted by Gasteiger charge is 2.08. The van der Waals surface area contributed by atoms with Gasteiger partial charge < -0.3 is 14.6 Å². The van der Waals surface area contributed by atoms with Crippen molar-refractivity contribution in [2.24, 2.45) is 0 Å². The monoisotopic (exact) mass is 301 g/mol. The summed E-state index contributed by atoms with van der Waals surface area (Å²) in [6.07, 6.45) is -0.545. The molecule has 0 aromatic heterocycles. The fourth-order valence-electron chi connectivity index (χ4n) is 1.95. The van der Waals surface area contributed by atoms with Crippen molar-refractivity contribution in [1.82, 2.24) is 0 Å². The third-order valence-electron chi connectivity index (χ3n) is 2.99. The molecule has 2 aromatic rings. The zero-order chi connectivity index (χ0) is 15.8. The normalized spacial score (nSPS) is 10.1. The number of amides is 1. The zero-order valence-corrected chi connectivity index (χ0v) is 12.4. The highest BCUT2D eigenvalue weighted by molar-refractivity contribution is 5.84. The number of nitrogens with one attached hydrogen (secondary N) is 1. The van der Waals surface area contributed by atoms with Crippen molar-refractivity contribution in [2.75, 3.05) is 11.9 Å². The lowest BCUT2D eigenvalue weighted by Crippen LogP contribution is -2.13. The highest BCUT2D eigenvalue weighted by Crippen LogP contribution is 2.23. The molecule has 5 heteroatoms. The van der Waals surface area contributed by atoms with Crippen molar-refractivity contribution in [3.8, 4) is 5.75 Å². The largest absolute Gasteiger partial charge is 0.494 e. The molecule has 0 saturated heterocycles. The molecule has 1 amide bonds. The Kier molecular flexibility index (Phi) is 5.80. The maximum atomic E-state index is 11.8. The quantitative estimate of drug-likeness (QED) is 0.859. The van der Waals surface area contributed by atoms with E-state index >= 15 is 0 Å². The number of anilines is 1. The number of rotatable bonds is 6. The molecule has 22 heavy (non-hydrogen) atoms. The van der Waals surface area contributed by atoms with Gasteiger partial charge in [-0.2, -0.15) is 0 Å². The van der Waals surface area contributed by atoms with E-state index in [0.29, 0.717) is 23.6 Å². The first-order chi connectivity index (χ1) is 10.7. The van der Waals surface area contributed by atoms with Crippen LogP contribution >= 0.6 is 0 Å². The van der Waals surface area contributed by atoms with Crippen molar-refractivity contribution in [1.29, 1.82) is 0 Å². The zero-order valence-electron chi connectivity index (χ0n) is 12.4. The van der Waals surface area contributed by atoms with Gasteiger partial charge in [0.2, 0.25) is 0 Å². The summed E-state index contributed by atoms with van der Waals surface area (Å²) in [4.78, 5) is 11.8. The van der Waals surface area contributed by atoms with Gasteiger partial charge in [-0.3, -0.25) is 5.32 Å². The number of benzene rings is 2. The van der Waals surface area contributed by atoms with Crippen molar-refractivity contribution >= 4 is 11.8 Å². The average Bonchev–Trinajstić information content (AvgIpc) is 2.55. The summed E-state index contributed by atoms with van der Waals surface area (Å²) in [5.41, 5.74) is 2.08. The molecule has 0 aliphatic rings. The van der Waals surface area contributed by atoms with Gasteiger partial charge in [-0.25, -0.2) is 4.79 Å². The van der Waals surface area contributed by atoms with Crippen LogP contribution in [0, 0.1) is 0 Å². The lowest BCUT2D eigenvalue weighted by molar-refractivity contribution is 0.155. The Morgan fingerprint density at radius 2 is 1.95 bits per heavy atom. The van der Waals surface area contributed by atoms with E-state index in [4.69, 9.17) is 9.47 Å². The number of carbonyl (C=O) groups excluding carboxylic acids is 1. The summed E-state index contributed by atoms with van der Waals surface area (Å²) >= 11 is 0. The Labute approximate surface area is 129 Å². The molecule has 0 heterocycles. The molecule has 116 valence electrons. The van der Waals surface area contributed by atoms with E-state index in [1.165, 1.54) is 0 Å². The SMILES string of the molecule is CCOc1ccc(NC(=O)OCc2ccccc2)cc1CO. The maximum Gasteiger partial charge on any atom is 0.411 e. The summed E-state index contributed by atoms with van der Waals surface area (Å²) in [6, 6.07) is 14.5. The summed E-state index contributed by atoms with van der Waals surface area (Å²) in [7, 11) is 0. The predicted molar refractivity (Wildman–Crippen MR) is 83.8 cm³/mol. The van der Waals surface area contributed by atoms with Crippen LogP contribution < -0.4 is 10.1 Å². The second-order valence-corrected chi connectivity index (χ2v) is 4.60. The molecule has 0 aliphatic carbocycles. The van der Waals surface area contributed by atoms with Gasteiger partial charge in [-0.15, -0.1) is 0 Å². The van der Waals surface area contributed by atoms with Crippen LogP contribution in [0.25, 0.3) is 0 Å². The van der Waals surface area contributed by atoms with Gasteiger partial charge in [0.05, 0.1) is 13.2 Å². The van der Waals surface area contributed by atoms with Gasteiger partial charge in [0.15, 0.2) is 0 Å². The molecular weight excluding hydrogens is 282 g/mol. The summed E-state index contributed by atoms with van der Waals surface area (Å²) < 4.78 is 10.5. The fraction of sp³-hybridized carbons (Fsp3) is 0.235. The first-order valence-corrected chi connectivity index (χ1v) is 7.07. The van der Waals surface area contributed by atoms with Crippen LogP contribution in [0.4, 0.5) is 10.5 Å². The molecule has 5 nitrogen and oxygen atoms in total. The molecular formula is C17H19NO4. The minimum Gasteiger partial charge on any atom is -0.494 e. The Morgan fingerprint density at radius 3 is 2.64 bits per heavy atom. The van der Waals surface area contributed by atoms with Crippen LogP contribution in [0.5, 0.6) is 5.75 Å². The molecule has 2 aromatic carbocycles. The smallest absolute Gasteiger partial charge is 0.411 e. The topological polar surface area (TPSA) is 67.8 Å². The average molecular weight is 301 g/mol. The van der Waals surface area contributed by atoms with Gasteiger partial charge >= 0.3 is 6.09 Å². The first-order valence-electron chi connectivity index (χ1n) is 7.07. The third-order valence-corrected chi connectivity index (χ3v) is 2.99. The molecule has 0 fully saturated rings. The Balaban J connectivity index is 1.93. The Morgan fingerprint density at radius 1 is 1.18 bits per heavy atom. The molecule has 2 N–H and O–H groups in total. The standard InChI is InChI=1S/C17H19NO4/c1-2-21-16-9-8-15(10-14(16)11-19)18-17(20)22-12-13-6-4-3-5-7-13/h3-10,19H,2,11-12H2,1H3,(H,18,20). The fourth-order valence-corrected chi connectivity index (χ4v) is 1.95. The van der Waals surface area contributed by atoms with Crippen molar-refractivity contribution in [3.63, 3.8) is 0 Å². The number of aliphatic hydroxyl groups excluding tert-OH is 1. The van der Waals surface area contributed by atoms with Crippen LogP contribution in [0.15, 0.2) is 48.5 Å². The van der Waals surface area contributed by atoms with Gasteiger partial charge in [0.25, 0.3) is 0 Å². The van der Waals surface area contributed by atoms with E-state index in [-0.39, 0.29) is 13.2 Å². The van der Waals surface area contributed by atoms with Gasteiger partial charge in [0.1, 0.15) is 12.4 Å². The first kappa shape index (κ1) is 15.9. The highest BCUT2D eigenvalue weighted by atomic mass is 16.5. The van der Waals surface area contributed by atoms with Crippen LogP contribution in [0.3, 0.4) is 0 Å². The number of hydrogen-bond donors (Lipinski definition) is 2. The molecule has 2 rings (SSSR count). The predicted octanol–water partition coefficient (Wildman–Crippen LogP) is 3.33. The van der Waals surface area contributed by atoms with Gasteiger partial charge in [-0.1, -0.05) is 30.3 Å². The minimum absolute atomic E-state index is 0.163. The van der Waals surface area contributed by atoms with E-state index < -0.39 is 6.09 Å². The lowest BCUT2D eigenvalue weighted by Gasteiger charge is -2.11. The Bertz CT molecular complexity index is 613. The van der Waals surface area contributed by atoms with Crippen molar-refractivity contribution < 1.29 is 19.4 Å². The van der Waals surface area contributed by atoms with E-state index in [1.807, 2.05) is 37.3 Å². The maximum absolute atomic E-state index is 11.8. The van der Waals surface area contributed by atoms with Crippen LogP contribution in [0.1, 0.15) is 18.1 Å². The summed E-state index contributed by atoms with van der Waals surface area (Å²) in [6.45, 7) is 2.42. The van der Waals surface area contributed by atoms with Crippen molar-refractivity contribution in [2.45, 2.75) is 20.1 Å². The van der Waals surface area contributed by atoms with Crippen LogP contribution in [-0.4, -0.2) is 17.8 Å². The van der Waals surface area contributed by atoms with E-state index in [1.54, 1.807) is 18.2 Å². The molecule has 0 spiro atoms. The number of carbonyl (C=O) groups is 1. The number of ether oxygens (including phenoxy) is 2. The van der Waals surface area contributed by atoms with Crippen molar-refractivity contribution in [3.05, 3.63) is 59.7 Å². The second-order valence-electron chi connectivity index (χ2n) is 4.60. The third kappa shape index (κ3) is 4.49. The summed E-state index contributed by atoms with van der Waals surface area (Å²) in [5.74, 6) is 0.605. The number of hydrogen-bond acceptors (Lipinski definition) is 4. The summed E-state index contributed by atoms with van der Waals surface area (Å²) in [5, 5.41) is 12.0. The van der Waals surface area contributed by atoms with E-state index in [2.05, 4.69) is 5.32 Å². The molecule has 0 aliphatic heterocycles. The number of aliphatic hydroxyl groups is 1.